The lowest BCUT2D eigenvalue weighted by atomic mass is 10.1. The van der Waals surface area contributed by atoms with Crippen molar-refractivity contribution in [2.75, 3.05) is 5.32 Å². The third-order valence-corrected chi connectivity index (χ3v) is 1.82. The van der Waals surface area contributed by atoms with Crippen molar-refractivity contribution in [2.45, 2.75) is 13.8 Å². The minimum Gasteiger partial charge on any atom is -0.411 e. The van der Waals surface area contributed by atoms with E-state index in [0.717, 1.165) is 5.69 Å². The molecule has 0 spiro atoms. The summed E-state index contributed by atoms with van der Waals surface area (Å²) in [5, 5.41) is 2.95. The van der Waals surface area contributed by atoms with Crippen LogP contribution in [0.15, 0.2) is 18.2 Å². The van der Waals surface area contributed by atoms with Crippen LogP contribution in [0.5, 0.6) is 0 Å². The molecule has 0 bridgehead atoms. The molecule has 0 amide bonds. The zero-order valence-electron chi connectivity index (χ0n) is 7.05. The number of benzene rings is 1. The molecule has 64 valence electrons. The smallest absolute Gasteiger partial charge is 0.0401 e. The van der Waals surface area contributed by atoms with E-state index in [2.05, 4.69) is 18.3 Å². The van der Waals surface area contributed by atoms with Gasteiger partial charge in [0.2, 0.25) is 0 Å². The molecule has 0 saturated heterocycles. The van der Waals surface area contributed by atoms with Crippen LogP contribution in [0.1, 0.15) is 11.1 Å². The Morgan fingerprint density at radius 3 is 2.58 bits per heavy atom. The molecule has 0 aliphatic heterocycles. The van der Waals surface area contributed by atoms with Gasteiger partial charge >= 0.3 is 0 Å². The van der Waals surface area contributed by atoms with E-state index in [0.29, 0.717) is 4.32 Å². The number of aryl methyl sites for hydroxylation is 2. The summed E-state index contributed by atoms with van der Waals surface area (Å²) in [6, 6.07) is 6.11. The minimum atomic E-state index is 0.391. The first-order valence-corrected chi connectivity index (χ1v) is 4.46. The van der Waals surface area contributed by atoms with Crippen LogP contribution in [0.4, 0.5) is 5.69 Å². The molecule has 1 N–H and O–H groups in total. The molecule has 1 nitrogen and oxygen atoms in total. The summed E-state index contributed by atoms with van der Waals surface area (Å²) < 4.78 is 0.391. The average molecular weight is 196 g/mol. The Morgan fingerprint density at radius 1 is 1.42 bits per heavy atom. The molecule has 0 atom stereocenters. The summed E-state index contributed by atoms with van der Waals surface area (Å²) in [5.41, 5.74) is 3.41. The molecule has 0 unspecified atom stereocenters. The number of anilines is 1. The van der Waals surface area contributed by atoms with Crippen LogP contribution in [0.25, 0.3) is 0 Å². The second-order valence-corrected chi connectivity index (χ2v) is 3.81. The summed E-state index contributed by atoms with van der Waals surface area (Å²) in [7, 11) is 0. The molecule has 0 heterocycles. The van der Waals surface area contributed by atoms with Gasteiger partial charge in [-0.05, 0) is 25.5 Å². The van der Waals surface area contributed by atoms with Gasteiger partial charge in [0.15, 0.2) is 0 Å². The molecule has 0 aliphatic carbocycles. The van der Waals surface area contributed by atoms with Crippen molar-refractivity contribution >= 4 is 34.9 Å². The molecule has 3 heteroatoms. The zero-order valence-corrected chi connectivity index (χ0v) is 8.68. The van der Waals surface area contributed by atoms with E-state index in [1.54, 1.807) is 0 Å². The van der Waals surface area contributed by atoms with E-state index in [9.17, 15) is 0 Å². The molecule has 0 aliphatic rings. The lowest BCUT2D eigenvalue weighted by molar-refractivity contribution is 1.38. The van der Waals surface area contributed by atoms with Gasteiger partial charge < -0.3 is 30.2 Å². The van der Waals surface area contributed by atoms with Gasteiger partial charge in [0.25, 0.3) is 0 Å². The highest BCUT2D eigenvalue weighted by molar-refractivity contribution is 8.00. The Balaban J connectivity index is 2.93. The minimum absolute atomic E-state index is 0.391. The monoisotopic (exact) mass is 196 g/mol. The molecule has 1 rings (SSSR count). The summed E-state index contributed by atoms with van der Waals surface area (Å²) >= 11 is 9.55. The van der Waals surface area contributed by atoms with Gasteiger partial charge in [0, 0.05) is 5.69 Å². The summed E-state index contributed by atoms with van der Waals surface area (Å²) in [4.78, 5) is 0. The lowest BCUT2D eigenvalue weighted by Crippen LogP contribution is -2.05. The van der Waals surface area contributed by atoms with Crippen molar-refractivity contribution in [3.63, 3.8) is 0 Å². The number of rotatable bonds is 1. The van der Waals surface area contributed by atoms with Gasteiger partial charge in [-0.3, -0.25) is 0 Å². The van der Waals surface area contributed by atoms with E-state index < -0.39 is 0 Å². The van der Waals surface area contributed by atoms with Crippen molar-refractivity contribution < 1.29 is 0 Å². The Labute approximate surface area is 83.6 Å². The molecule has 0 saturated carbocycles. The molecule has 12 heavy (non-hydrogen) atoms. The normalized spacial score (nSPS) is 9.50. The van der Waals surface area contributed by atoms with E-state index in [4.69, 9.17) is 24.8 Å². The van der Waals surface area contributed by atoms with Crippen molar-refractivity contribution in [3.8, 4) is 0 Å². The Hall–Kier alpha value is -0.670. The predicted octanol–water partition coefficient (Wildman–Crippen LogP) is 2.55. The second-order valence-electron chi connectivity index (χ2n) is 2.73. The highest BCUT2D eigenvalue weighted by Gasteiger charge is 1.94. The largest absolute Gasteiger partial charge is 0.411 e. The maximum Gasteiger partial charge on any atom is 0.0401 e. The molecule has 0 radical (unpaired) electrons. The highest BCUT2D eigenvalue weighted by Crippen LogP contribution is 2.15. The van der Waals surface area contributed by atoms with Crippen molar-refractivity contribution in [1.82, 2.24) is 0 Å². The lowest BCUT2D eigenvalue weighted by Gasteiger charge is -2.12. The Morgan fingerprint density at radius 2 is 2.08 bits per heavy atom. The predicted molar refractivity (Wildman–Crippen MR) is 59.5 cm³/mol. The van der Waals surface area contributed by atoms with Gasteiger partial charge in [-0.15, -0.1) is 0 Å². The van der Waals surface area contributed by atoms with Crippen LogP contribution < -0.4 is 5.32 Å². The van der Waals surface area contributed by atoms with Crippen LogP contribution in [0.3, 0.4) is 0 Å². The molecule has 0 aromatic heterocycles. The van der Waals surface area contributed by atoms with Gasteiger partial charge in [-0.25, -0.2) is 0 Å². The number of nitrogens with one attached hydrogen (secondary N) is 1. The van der Waals surface area contributed by atoms with Gasteiger partial charge in [0.05, 0.1) is 0 Å². The first-order chi connectivity index (χ1) is 5.59. The molecule has 1 aromatic carbocycles. The topological polar surface area (TPSA) is 12.0 Å². The molecule has 0 fully saturated rings. The van der Waals surface area contributed by atoms with E-state index in [1.807, 2.05) is 19.1 Å². The zero-order chi connectivity index (χ0) is 9.14. The van der Waals surface area contributed by atoms with Crippen LogP contribution in [-0.4, -0.2) is 4.32 Å². The summed E-state index contributed by atoms with van der Waals surface area (Å²) in [5.74, 6) is 0. The van der Waals surface area contributed by atoms with Crippen molar-refractivity contribution in [3.05, 3.63) is 29.3 Å². The first-order valence-electron chi connectivity index (χ1n) is 3.65. The summed E-state index contributed by atoms with van der Waals surface area (Å²) in [6.45, 7) is 4.09. The summed E-state index contributed by atoms with van der Waals surface area (Å²) in [6.07, 6.45) is 0. The standard InChI is InChI=1S/C9H11NS2/c1-6-3-4-8(7(2)5-6)10-9(11)12/h3-5H,1-2H3,(H2,10,11,12)/p-1. The van der Waals surface area contributed by atoms with E-state index >= 15 is 0 Å². The fourth-order valence-corrected chi connectivity index (χ4v) is 1.28. The van der Waals surface area contributed by atoms with Gasteiger partial charge in [-0.1, -0.05) is 22.0 Å². The molecular formula is C9H10NS2-. The fourth-order valence-electron chi connectivity index (χ4n) is 1.06. The van der Waals surface area contributed by atoms with Crippen LogP contribution in [-0.2, 0) is 12.6 Å². The SMILES string of the molecule is Cc1ccc(NC(=S)[S-])c(C)c1. The Kier molecular flexibility index (Phi) is 3.00. The maximum atomic E-state index is 4.77. The number of hydrogen-bond acceptors (Lipinski definition) is 2. The first kappa shape index (κ1) is 9.42. The van der Waals surface area contributed by atoms with Gasteiger partial charge in [0.1, 0.15) is 0 Å². The fraction of sp³-hybridized carbons (Fsp3) is 0.222. The van der Waals surface area contributed by atoms with E-state index in [-0.39, 0.29) is 0 Å². The third kappa shape index (κ3) is 2.43. The van der Waals surface area contributed by atoms with Crippen molar-refractivity contribution in [2.24, 2.45) is 0 Å². The quantitative estimate of drug-likeness (QED) is 0.547. The highest BCUT2D eigenvalue weighted by atomic mass is 32.1. The average Bonchev–Trinajstić information content (AvgIpc) is 1.94. The van der Waals surface area contributed by atoms with Crippen LogP contribution in [0, 0.1) is 13.8 Å². The second kappa shape index (κ2) is 3.83. The molecule has 1 aromatic rings. The number of thiocarbonyl (C=S) groups is 1. The third-order valence-electron chi connectivity index (χ3n) is 1.62. The van der Waals surface area contributed by atoms with Crippen LogP contribution >= 0.6 is 12.2 Å². The van der Waals surface area contributed by atoms with Gasteiger partial charge in [-0.2, -0.15) is 0 Å². The Bertz CT molecular complexity index is 307. The van der Waals surface area contributed by atoms with E-state index in [1.165, 1.54) is 11.1 Å². The maximum absolute atomic E-state index is 4.77. The van der Waals surface area contributed by atoms with Crippen molar-refractivity contribution in [1.29, 1.82) is 0 Å². The molecular weight excluding hydrogens is 186 g/mol. The van der Waals surface area contributed by atoms with Crippen LogP contribution in [0.2, 0.25) is 0 Å². The number of hydrogen-bond donors (Lipinski definition) is 1.